The number of carbonyl (C=O) groups is 1. The van der Waals surface area contributed by atoms with Crippen molar-refractivity contribution in [2.75, 3.05) is 26.2 Å². The fourth-order valence-corrected chi connectivity index (χ4v) is 3.76. The second-order valence-corrected chi connectivity index (χ2v) is 7.09. The van der Waals surface area contributed by atoms with Crippen molar-refractivity contribution >= 4 is 46.5 Å². The maximum Gasteiger partial charge on any atom is 0.165 e. The van der Waals surface area contributed by atoms with Crippen LogP contribution in [0.2, 0.25) is 0 Å². The Morgan fingerprint density at radius 2 is 1.77 bits per heavy atom. The molecule has 6 heteroatoms. The van der Waals surface area contributed by atoms with Crippen LogP contribution in [0.25, 0.3) is 0 Å². The molecule has 26 heavy (non-hydrogen) atoms. The van der Waals surface area contributed by atoms with Gasteiger partial charge in [0.25, 0.3) is 0 Å². The van der Waals surface area contributed by atoms with Crippen LogP contribution in [0.3, 0.4) is 0 Å². The second kappa shape index (κ2) is 11.7. The van der Waals surface area contributed by atoms with E-state index < -0.39 is 0 Å². The van der Waals surface area contributed by atoms with Crippen LogP contribution in [0, 0.1) is 0 Å². The van der Waals surface area contributed by atoms with E-state index in [1.165, 1.54) is 5.56 Å². The topological polar surface area (TPSA) is 32.3 Å². The van der Waals surface area contributed by atoms with Crippen molar-refractivity contribution in [2.24, 2.45) is 0 Å². The lowest BCUT2D eigenvalue weighted by Crippen LogP contribution is -2.52. The van der Waals surface area contributed by atoms with Gasteiger partial charge >= 0.3 is 0 Å². The largest absolute Gasteiger partial charge is 0.314 e. The zero-order valence-electron chi connectivity index (χ0n) is 14.6. The lowest BCUT2D eigenvalue weighted by Gasteiger charge is -2.36. The molecule has 1 heterocycles. The molecule has 0 aliphatic carbocycles. The first-order valence-electron chi connectivity index (χ1n) is 8.50. The summed E-state index contributed by atoms with van der Waals surface area (Å²) in [5, 5.41) is 3.48. The molecule has 1 atom stereocenters. The molecule has 1 N–H and O–H groups in total. The molecule has 1 fully saturated rings. The number of Topliss-reactive ketones (excluding diaryl/α,β-unsaturated/α-hetero) is 1. The molecule has 3 rings (SSSR count). The monoisotopic (exact) mass is 458 g/mol. The predicted octanol–water partition coefficient (Wildman–Crippen LogP) is 4.38. The SMILES string of the molecule is Cl.Cl.O=C(CCN1CCNCC1Cc1ccccc1)c1ccccc1Br. The van der Waals surface area contributed by atoms with Crippen molar-refractivity contribution in [3.8, 4) is 0 Å². The van der Waals surface area contributed by atoms with E-state index in [0.29, 0.717) is 12.5 Å². The highest BCUT2D eigenvalue weighted by molar-refractivity contribution is 9.10. The minimum Gasteiger partial charge on any atom is -0.314 e. The molecule has 2 aromatic carbocycles. The Morgan fingerprint density at radius 3 is 2.50 bits per heavy atom. The lowest BCUT2D eigenvalue weighted by molar-refractivity contribution is 0.0934. The summed E-state index contributed by atoms with van der Waals surface area (Å²) in [6.07, 6.45) is 1.59. The van der Waals surface area contributed by atoms with Gasteiger partial charge in [-0.3, -0.25) is 9.69 Å². The van der Waals surface area contributed by atoms with Crippen LogP contribution in [0.5, 0.6) is 0 Å². The van der Waals surface area contributed by atoms with Gasteiger partial charge in [0.05, 0.1) is 0 Å². The summed E-state index contributed by atoms with van der Waals surface area (Å²) in [6.45, 7) is 3.80. The van der Waals surface area contributed by atoms with Gasteiger partial charge < -0.3 is 5.32 Å². The summed E-state index contributed by atoms with van der Waals surface area (Å²) in [5.41, 5.74) is 2.14. The van der Waals surface area contributed by atoms with Gasteiger partial charge in [0.15, 0.2) is 5.78 Å². The maximum atomic E-state index is 12.5. The number of piperazine rings is 1. The number of nitrogens with zero attached hydrogens (tertiary/aromatic N) is 1. The van der Waals surface area contributed by atoms with E-state index in [2.05, 4.69) is 56.5 Å². The number of benzene rings is 2. The van der Waals surface area contributed by atoms with Crippen molar-refractivity contribution in [2.45, 2.75) is 18.9 Å². The molecule has 2 aromatic rings. The molecule has 0 amide bonds. The zero-order chi connectivity index (χ0) is 16.8. The van der Waals surface area contributed by atoms with Gasteiger partial charge in [-0.05, 0) is 18.1 Å². The van der Waals surface area contributed by atoms with Crippen LogP contribution in [-0.4, -0.2) is 42.9 Å². The van der Waals surface area contributed by atoms with Crippen LogP contribution in [0.1, 0.15) is 22.3 Å². The molecular weight excluding hydrogens is 435 g/mol. The summed E-state index contributed by atoms with van der Waals surface area (Å²) >= 11 is 3.47. The Labute approximate surface area is 176 Å². The number of nitrogens with one attached hydrogen (secondary N) is 1. The third kappa shape index (κ3) is 6.36. The van der Waals surface area contributed by atoms with Gasteiger partial charge in [0.2, 0.25) is 0 Å². The number of hydrogen-bond acceptors (Lipinski definition) is 3. The van der Waals surface area contributed by atoms with E-state index >= 15 is 0 Å². The van der Waals surface area contributed by atoms with E-state index in [4.69, 9.17) is 0 Å². The van der Waals surface area contributed by atoms with Crippen molar-refractivity contribution < 1.29 is 4.79 Å². The Morgan fingerprint density at radius 1 is 1.08 bits per heavy atom. The van der Waals surface area contributed by atoms with E-state index in [-0.39, 0.29) is 30.6 Å². The van der Waals surface area contributed by atoms with Gasteiger partial charge in [-0.1, -0.05) is 64.5 Å². The van der Waals surface area contributed by atoms with Crippen LogP contribution in [0.15, 0.2) is 59.1 Å². The van der Waals surface area contributed by atoms with Gasteiger partial charge in [0, 0.05) is 48.7 Å². The van der Waals surface area contributed by atoms with Crippen LogP contribution in [0.4, 0.5) is 0 Å². The number of ketones is 1. The van der Waals surface area contributed by atoms with Gasteiger partial charge in [0.1, 0.15) is 0 Å². The summed E-state index contributed by atoms with van der Waals surface area (Å²) < 4.78 is 0.885. The first kappa shape index (κ1) is 23.1. The molecule has 0 radical (unpaired) electrons. The van der Waals surface area contributed by atoms with E-state index in [1.807, 2.05) is 24.3 Å². The molecule has 1 unspecified atom stereocenters. The van der Waals surface area contributed by atoms with Crippen LogP contribution in [-0.2, 0) is 6.42 Å². The minimum absolute atomic E-state index is 0. The Bertz CT molecular complexity index is 685. The molecule has 1 saturated heterocycles. The average molecular weight is 460 g/mol. The lowest BCUT2D eigenvalue weighted by atomic mass is 10.0. The number of carbonyl (C=O) groups excluding carboxylic acids is 1. The second-order valence-electron chi connectivity index (χ2n) is 6.24. The molecule has 0 spiro atoms. The standard InChI is InChI=1S/C20H23BrN2O.2ClH/c21-19-9-5-4-8-18(19)20(24)10-12-23-13-11-22-15-17(23)14-16-6-2-1-3-7-16;;/h1-9,17,22H,10-15H2;2*1H. The zero-order valence-corrected chi connectivity index (χ0v) is 17.8. The van der Waals surface area contributed by atoms with Gasteiger partial charge in [-0.2, -0.15) is 0 Å². The highest BCUT2D eigenvalue weighted by atomic mass is 79.9. The quantitative estimate of drug-likeness (QED) is 0.650. The van der Waals surface area contributed by atoms with Crippen LogP contribution < -0.4 is 5.32 Å². The Balaban J connectivity index is 0.00000169. The van der Waals surface area contributed by atoms with E-state index in [1.54, 1.807) is 0 Å². The molecule has 142 valence electrons. The van der Waals surface area contributed by atoms with E-state index in [0.717, 1.165) is 42.6 Å². The van der Waals surface area contributed by atoms with Crippen LogP contribution >= 0.6 is 40.7 Å². The Hall–Kier alpha value is -0.910. The summed E-state index contributed by atoms with van der Waals surface area (Å²) in [6, 6.07) is 18.7. The average Bonchev–Trinajstić information content (AvgIpc) is 2.62. The fraction of sp³-hybridized carbons (Fsp3) is 0.350. The first-order valence-corrected chi connectivity index (χ1v) is 9.30. The Kier molecular flexibility index (Phi) is 10.4. The minimum atomic E-state index is 0. The van der Waals surface area contributed by atoms with E-state index in [9.17, 15) is 4.79 Å². The molecule has 0 aromatic heterocycles. The highest BCUT2D eigenvalue weighted by Gasteiger charge is 2.23. The predicted molar refractivity (Wildman–Crippen MR) is 116 cm³/mol. The third-order valence-electron chi connectivity index (χ3n) is 4.59. The van der Waals surface area contributed by atoms with Crippen molar-refractivity contribution in [3.63, 3.8) is 0 Å². The molecular formula is C20H25BrCl2N2O. The highest BCUT2D eigenvalue weighted by Crippen LogP contribution is 2.18. The smallest absolute Gasteiger partial charge is 0.165 e. The molecule has 0 bridgehead atoms. The summed E-state index contributed by atoms with van der Waals surface area (Å²) in [7, 11) is 0. The fourth-order valence-electron chi connectivity index (χ4n) is 3.25. The molecule has 3 nitrogen and oxygen atoms in total. The normalized spacial score (nSPS) is 17.0. The van der Waals surface area contributed by atoms with Gasteiger partial charge in [-0.15, -0.1) is 24.8 Å². The molecule has 0 saturated carbocycles. The van der Waals surface area contributed by atoms with Gasteiger partial charge in [-0.25, -0.2) is 0 Å². The summed E-state index contributed by atoms with van der Waals surface area (Å²) in [5.74, 6) is 0.208. The third-order valence-corrected chi connectivity index (χ3v) is 5.28. The molecule has 1 aliphatic heterocycles. The number of hydrogen-bond donors (Lipinski definition) is 1. The summed E-state index contributed by atoms with van der Waals surface area (Å²) in [4.78, 5) is 15.0. The molecule has 1 aliphatic rings. The van der Waals surface area contributed by atoms with Crippen molar-refractivity contribution in [1.29, 1.82) is 0 Å². The van der Waals surface area contributed by atoms with Crippen molar-refractivity contribution in [1.82, 2.24) is 10.2 Å². The first-order chi connectivity index (χ1) is 11.7. The maximum absolute atomic E-state index is 12.5. The number of halogens is 3. The number of rotatable bonds is 6. The van der Waals surface area contributed by atoms with Crippen molar-refractivity contribution in [3.05, 3.63) is 70.2 Å².